The molecule has 0 spiro atoms. The summed E-state index contributed by atoms with van der Waals surface area (Å²) in [6.07, 6.45) is -5.49. The van der Waals surface area contributed by atoms with Gasteiger partial charge < -0.3 is 24.8 Å². The summed E-state index contributed by atoms with van der Waals surface area (Å²) in [6.45, 7) is 1.59. The Balaban J connectivity index is 2.07. The molecule has 1 saturated heterocycles. The first-order valence-electron chi connectivity index (χ1n) is 6.07. The van der Waals surface area contributed by atoms with Gasteiger partial charge in [0.1, 0.15) is 24.1 Å². The van der Waals surface area contributed by atoms with E-state index in [4.69, 9.17) is 9.47 Å². The van der Waals surface area contributed by atoms with E-state index in [2.05, 4.69) is 22.4 Å². The summed E-state index contributed by atoms with van der Waals surface area (Å²) in [5.41, 5.74) is 0.626. The summed E-state index contributed by atoms with van der Waals surface area (Å²) < 4.78 is 10.8. The lowest BCUT2D eigenvalue weighted by atomic mass is 10.00. The smallest absolute Gasteiger partial charge is 0.229 e. The van der Waals surface area contributed by atoms with Gasteiger partial charge in [-0.05, 0) is 43.4 Å². The molecule has 0 saturated carbocycles. The average molecular weight is 297 g/mol. The first-order chi connectivity index (χ1) is 9.52. The van der Waals surface area contributed by atoms with E-state index in [-0.39, 0.29) is 0 Å². The molecule has 1 aromatic carbocycles. The molecule has 1 heterocycles. The molecular formula is C13H15NO5S. The minimum absolute atomic E-state index is 0.438. The minimum Gasteiger partial charge on any atom is -0.462 e. The van der Waals surface area contributed by atoms with Gasteiger partial charge >= 0.3 is 0 Å². The van der Waals surface area contributed by atoms with Gasteiger partial charge in [-0.2, -0.15) is 4.99 Å². The molecule has 6 nitrogen and oxygen atoms in total. The fraction of sp³-hybridized carbons (Fsp3) is 0.462. The van der Waals surface area contributed by atoms with Gasteiger partial charge in [0, 0.05) is 0 Å². The molecule has 0 aromatic heterocycles. The fourth-order valence-electron chi connectivity index (χ4n) is 1.90. The van der Waals surface area contributed by atoms with Crippen molar-refractivity contribution in [2.75, 3.05) is 0 Å². The summed E-state index contributed by atoms with van der Waals surface area (Å²) in [5.74, 6) is 0.438. The monoisotopic (exact) mass is 297 g/mol. The lowest BCUT2D eigenvalue weighted by Gasteiger charge is -2.38. The van der Waals surface area contributed by atoms with Crippen molar-refractivity contribution < 1.29 is 24.8 Å². The Kier molecular flexibility index (Phi) is 4.82. The maximum Gasteiger partial charge on any atom is 0.229 e. The molecule has 3 N–H and O–H groups in total. The number of rotatable bonds is 3. The summed E-state index contributed by atoms with van der Waals surface area (Å²) in [4.78, 5) is 3.80. The Morgan fingerprint density at radius 1 is 1.15 bits per heavy atom. The van der Waals surface area contributed by atoms with E-state index in [0.29, 0.717) is 11.4 Å². The third-order valence-corrected chi connectivity index (χ3v) is 3.16. The Bertz CT molecular complexity index is 502. The highest BCUT2D eigenvalue weighted by Crippen LogP contribution is 2.25. The molecular weight excluding hydrogens is 282 g/mol. The van der Waals surface area contributed by atoms with Crippen molar-refractivity contribution in [3.63, 3.8) is 0 Å². The third kappa shape index (κ3) is 3.21. The van der Waals surface area contributed by atoms with Crippen molar-refractivity contribution in [2.45, 2.75) is 37.6 Å². The van der Waals surface area contributed by atoms with Crippen molar-refractivity contribution in [1.82, 2.24) is 0 Å². The SMILES string of the molecule is C[C@@H]1O[C@@H](Oc2ccc(N=C=S)cc2)[C@@H](O)[C@H](O)[C@@H]1O. The maximum atomic E-state index is 9.82. The average Bonchev–Trinajstić information content (AvgIpc) is 2.45. The molecule has 2 rings (SSSR count). The molecule has 5 atom stereocenters. The van der Waals surface area contributed by atoms with Crippen LogP contribution in [0.5, 0.6) is 5.75 Å². The predicted molar refractivity (Wildman–Crippen MR) is 74.1 cm³/mol. The molecule has 7 heteroatoms. The molecule has 108 valence electrons. The highest BCUT2D eigenvalue weighted by molar-refractivity contribution is 7.78. The fourth-order valence-corrected chi connectivity index (χ4v) is 2.00. The van der Waals surface area contributed by atoms with Crippen LogP contribution in [-0.4, -0.2) is 51.2 Å². The lowest BCUT2D eigenvalue weighted by Crippen LogP contribution is -2.58. The van der Waals surface area contributed by atoms with Gasteiger partial charge in [-0.1, -0.05) is 0 Å². The van der Waals surface area contributed by atoms with Crippen LogP contribution < -0.4 is 4.74 Å². The molecule has 0 amide bonds. The lowest BCUT2D eigenvalue weighted by molar-refractivity contribution is -0.268. The Morgan fingerprint density at radius 3 is 2.40 bits per heavy atom. The zero-order chi connectivity index (χ0) is 14.7. The van der Waals surface area contributed by atoms with Gasteiger partial charge in [-0.3, -0.25) is 0 Å². The molecule has 1 aliphatic heterocycles. The maximum absolute atomic E-state index is 9.82. The summed E-state index contributed by atoms with van der Waals surface area (Å²) >= 11 is 4.50. The third-order valence-electron chi connectivity index (χ3n) is 3.07. The predicted octanol–water partition coefficient (Wildman–Crippen LogP) is 0.627. The van der Waals surface area contributed by atoms with Crippen LogP contribution >= 0.6 is 12.2 Å². The largest absolute Gasteiger partial charge is 0.462 e. The number of aliphatic hydroxyl groups is 3. The van der Waals surface area contributed by atoms with Crippen LogP contribution in [0.25, 0.3) is 0 Å². The van der Waals surface area contributed by atoms with Gasteiger partial charge in [0.2, 0.25) is 6.29 Å². The number of hydrogen-bond donors (Lipinski definition) is 3. The van der Waals surface area contributed by atoms with Crippen LogP contribution in [0, 0.1) is 0 Å². The number of ether oxygens (including phenoxy) is 2. The molecule has 1 fully saturated rings. The number of aliphatic imine (C=N–C) groups is 1. The van der Waals surface area contributed by atoms with Gasteiger partial charge in [-0.15, -0.1) is 0 Å². The first kappa shape index (κ1) is 15.1. The normalized spacial score (nSPS) is 33.3. The van der Waals surface area contributed by atoms with Crippen molar-refractivity contribution in [2.24, 2.45) is 4.99 Å². The highest BCUT2D eigenvalue weighted by Gasteiger charge is 2.43. The Labute approximate surface area is 121 Å². The Morgan fingerprint density at radius 2 is 1.80 bits per heavy atom. The second kappa shape index (κ2) is 6.41. The number of aliphatic hydroxyl groups excluding tert-OH is 3. The molecule has 1 aromatic rings. The summed E-state index contributed by atoms with van der Waals surface area (Å²) in [6, 6.07) is 6.59. The van der Waals surface area contributed by atoms with E-state index >= 15 is 0 Å². The van der Waals surface area contributed by atoms with E-state index < -0.39 is 30.7 Å². The van der Waals surface area contributed by atoms with Crippen molar-refractivity contribution in [1.29, 1.82) is 0 Å². The van der Waals surface area contributed by atoms with Crippen LogP contribution in [0.1, 0.15) is 6.92 Å². The molecule has 0 bridgehead atoms. The zero-order valence-corrected chi connectivity index (χ0v) is 11.5. The van der Waals surface area contributed by atoms with Crippen LogP contribution in [-0.2, 0) is 4.74 Å². The van der Waals surface area contributed by atoms with Crippen LogP contribution in [0.4, 0.5) is 5.69 Å². The van der Waals surface area contributed by atoms with E-state index in [9.17, 15) is 15.3 Å². The van der Waals surface area contributed by atoms with Crippen molar-refractivity contribution >= 4 is 23.1 Å². The Hall–Kier alpha value is -1.34. The quantitative estimate of drug-likeness (QED) is 0.560. The first-order valence-corrected chi connectivity index (χ1v) is 6.48. The minimum atomic E-state index is -1.33. The van der Waals surface area contributed by atoms with Crippen LogP contribution in [0.15, 0.2) is 29.3 Å². The van der Waals surface area contributed by atoms with E-state index in [1.54, 1.807) is 31.2 Å². The topological polar surface area (TPSA) is 91.5 Å². The number of benzene rings is 1. The zero-order valence-electron chi connectivity index (χ0n) is 10.7. The van der Waals surface area contributed by atoms with Crippen molar-refractivity contribution in [3.05, 3.63) is 24.3 Å². The molecule has 0 radical (unpaired) electrons. The highest BCUT2D eigenvalue weighted by atomic mass is 32.1. The van der Waals surface area contributed by atoms with Gasteiger partial charge in [0.05, 0.1) is 17.0 Å². The van der Waals surface area contributed by atoms with Crippen LogP contribution in [0.3, 0.4) is 0 Å². The summed E-state index contributed by atoms with van der Waals surface area (Å²) in [7, 11) is 0. The number of hydrogen-bond acceptors (Lipinski definition) is 7. The van der Waals surface area contributed by atoms with Gasteiger partial charge in [-0.25, -0.2) is 0 Å². The van der Waals surface area contributed by atoms with Crippen molar-refractivity contribution in [3.8, 4) is 5.75 Å². The second-order valence-corrected chi connectivity index (χ2v) is 4.68. The molecule has 0 unspecified atom stereocenters. The van der Waals surface area contributed by atoms with E-state index in [0.717, 1.165) is 0 Å². The number of isothiocyanates is 1. The van der Waals surface area contributed by atoms with Crippen LogP contribution in [0.2, 0.25) is 0 Å². The molecule has 0 aliphatic carbocycles. The summed E-state index contributed by atoms with van der Waals surface area (Å²) in [5, 5.41) is 31.3. The number of nitrogens with zero attached hydrogens (tertiary/aromatic N) is 1. The number of thiocarbonyl (C=S) groups is 1. The van der Waals surface area contributed by atoms with Gasteiger partial charge in [0.25, 0.3) is 0 Å². The van der Waals surface area contributed by atoms with E-state index in [1.807, 2.05) is 0 Å². The standard InChI is InChI=1S/C13H15NO5S/c1-7-10(15)11(16)12(17)13(18-7)19-9-4-2-8(3-5-9)14-6-20/h2-5,7,10-13,15-17H,1H3/t7-,10+,11+,12-,13-/m0/s1. The molecule has 20 heavy (non-hydrogen) atoms. The van der Waals surface area contributed by atoms with Gasteiger partial charge in [0.15, 0.2) is 0 Å². The van der Waals surface area contributed by atoms with E-state index in [1.165, 1.54) is 0 Å². The molecule has 1 aliphatic rings. The second-order valence-electron chi connectivity index (χ2n) is 4.50.